The molecule has 0 spiro atoms. The summed E-state index contributed by atoms with van der Waals surface area (Å²) in [7, 11) is 0. The fraction of sp³-hybridized carbons (Fsp3) is 0.0667. The van der Waals surface area contributed by atoms with E-state index in [-0.39, 0.29) is 6.61 Å². The number of nitrogens with zero attached hydrogens (tertiary/aromatic N) is 1. The Morgan fingerprint density at radius 3 is 2.50 bits per heavy atom. The Bertz CT molecular complexity index is 685. The lowest BCUT2D eigenvalue weighted by molar-refractivity contribution is -0.123. The first-order valence-corrected chi connectivity index (χ1v) is 7.34. The van der Waals surface area contributed by atoms with Crippen LogP contribution in [0.1, 0.15) is 5.56 Å². The largest absolute Gasteiger partial charge is 0.484 e. The molecule has 2 rings (SSSR count). The second-order valence-corrected chi connectivity index (χ2v) is 5.43. The van der Waals surface area contributed by atoms with Crippen molar-refractivity contribution in [2.75, 3.05) is 6.61 Å². The van der Waals surface area contributed by atoms with Crippen molar-refractivity contribution in [3.63, 3.8) is 0 Å². The summed E-state index contributed by atoms with van der Waals surface area (Å²) in [4.78, 5) is 11.6. The summed E-state index contributed by atoms with van der Waals surface area (Å²) in [6.07, 6.45) is 1.38. The number of hydrazone groups is 1. The highest BCUT2D eigenvalue weighted by atomic mass is 35.5. The van der Waals surface area contributed by atoms with E-state index in [1.807, 2.05) is 0 Å². The van der Waals surface area contributed by atoms with Crippen LogP contribution < -0.4 is 10.2 Å². The predicted molar refractivity (Wildman–Crippen MR) is 89.1 cm³/mol. The molecule has 1 amide bonds. The van der Waals surface area contributed by atoms with E-state index >= 15 is 0 Å². The van der Waals surface area contributed by atoms with Crippen LogP contribution in [0.25, 0.3) is 0 Å². The molecule has 0 bridgehead atoms. The van der Waals surface area contributed by atoms with Gasteiger partial charge in [-0.25, -0.2) is 5.43 Å². The Hall–Kier alpha value is -1.75. The van der Waals surface area contributed by atoms with Crippen molar-refractivity contribution >= 4 is 46.9 Å². The molecular weight excluding hydrogens is 347 g/mol. The summed E-state index contributed by atoms with van der Waals surface area (Å²) < 4.78 is 5.28. The van der Waals surface area contributed by atoms with Crippen molar-refractivity contribution in [1.82, 2.24) is 5.43 Å². The molecule has 0 aliphatic carbocycles. The molecule has 0 fully saturated rings. The van der Waals surface area contributed by atoms with Crippen LogP contribution in [0.2, 0.25) is 15.1 Å². The number of halogens is 3. The van der Waals surface area contributed by atoms with E-state index in [1.54, 1.807) is 42.5 Å². The quantitative estimate of drug-likeness (QED) is 0.645. The van der Waals surface area contributed by atoms with Crippen molar-refractivity contribution in [2.24, 2.45) is 5.10 Å². The Labute approximate surface area is 142 Å². The lowest BCUT2D eigenvalue weighted by Crippen LogP contribution is -2.24. The van der Waals surface area contributed by atoms with Gasteiger partial charge in [0, 0.05) is 10.6 Å². The highest BCUT2D eigenvalue weighted by molar-refractivity contribution is 6.38. The van der Waals surface area contributed by atoms with Crippen LogP contribution >= 0.6 is 34.8 Å². The number of hydrogen-bond acceptors (Lipinski definition) is 3. The third-order valence-corrected chi connectivity index (χ3v) is 3.44. The molecule has 7 heteroatoms. The number of ether oxygens (including phenoxy) is 1. The summed E-state index contributed by atoms with van der Waals surface area (Å²) in [6, 6.07) is 11.8. The van der Waals surface area contributed by atoms with Crippen molar-refractivity contribution in [3.8, 4) is 5.75 Å². The zero-order chi connectivity index (χ0) is 15.9. The van der Waals surface area contributed by atoms with E-state index in [4.69, 9.17) is 39.5 Å². The molecule has 2 aromatic rings. The van der Waals surface area contributed by atoms with Crippen LogP contribution in [0.4, 0.5) is 0 Å². The maximum absolute atomic E-state index is 11.6. The first-order chi connectivity index (χ1) is 10.6. The first-order valence-electron chi connectivity index (χ1n) is 6.20. The molecule has 2 aromatic carbocycles. The summed E-state index contributed by atoms with van der Waals surface area (Å²) in [5, 5.41) is 5.22. The number of nitrogens with one attached hydrogen (secondary N) is 1. The monoisotopic (exact) mass is 356 g/mol. The van der Waals surface area contributed by atoms with Crippen LogP contribution in [0.15, 0.2) is 47.6 Å². The average molecular weight is 358 g/mol. The third-order valence-electron chi connectivity index (χ3n) is 2.55. The van der Waals surface area contributed by atoms with Gasteiger partial charge in [-0.2, -0.15) is 5.10 Å². The van der Waals surface area contributed by atoms with E-state index in [9.17, 15) is 4.79 Å². The molecule has 0 atom stereocenters. The second-order valence-electron chi connectivity index (χ2n) is 4.17. The fourth-order valence-electron chi connectivity index (χ4n) is 1.54. The van der Waals surface area contributed by atoms with Crippen molar-refractivity contribution in [3.05, 3.63) is 63.1 Å². The number of hydrogen-bond donors (Lipinski definition) is 1. The van der Waals surface area contributed by atoms with Gasteiger partial charge in [0.05, 0.1) is 16.3 Å². The molecule has 22 heavy (non-hydrogen) atoms. The Kier molecular flexibility index (Phi) is 6.07. The average Bonchev–Trinajstić information content (AvgIpc) is 2.48. The summed E-state index contributed by atoms with van der Waals surface area (Å²) in [5.41, 5.74) is 2.86. The number of benzene rings is 2. The molecule has 0 aliphatic rings. The Morgan fingerprint density at radius 1 is 1.14 bits per heavy atom. The minimum absolute atomic E-state index is 0.187. The molecule has 114 valence electrons. The maximum Gasteiger partial charge on any atom is 0.277 e. The molecule has 0 aliphatic heterocycles. The topological polar surface area (TPSA) is 50.7 Å². The SMILES string of the molecule is O=C(COc1cccc(Cl)c1)N/N=C\c1c(Cl)cccc1Cl. The maximum atomic E-state index is 11.6. The number of carbonyl (C=O) groups excluding carboxylic acids is 1. The lowest BCUT2D eigenvalue weighted by atomic mass is 10.2. The van der Waals surface area contributed by atoms with Crippen LogP contribution in [0.3, 0.4) is 0 Å². The molecule has 0 unspecified atom stereocenters. The lowest BCUT2D eigenvalue weighted by Gasteiger charge is -2.05. The molecule has 0 aromatic heterocycles. The standard InChI is InChI=1S/C15H11Cl3N2O2/c16-10-3-1-4-11(7-10)22-9-15(21)20-19-8-12-13(17)5-2-6-14(12)18/h1-8H,9H2,(H,20,21)/b19-8-. The molecule has 1 N–H and O–H groups in total. The van der Waals surface area contributed by atoms with Crippen LogP contribution in [-0.2, 0) is 4.79 Å². The number of amides is 1. The zero-order valence-corrected chi connectivity index (χ0v) is 13.5. The summed E-state index contributed by atoms with van der Waals surface area (Å²) in [6.45, 7) is -0.187. The minimum atomic E-state index is -0.417. The van der Waals surface area contributed by atoms with Gasteiger partial charge in [-0.3, -0.25) is 4.79 Å². The zero-order valence-electron chi connectivity index (χ0n) is 11.2. The summed E-state index contributed by atoms with van der Waals surface area (Å²) in [5.74, 6) is 0.0835. The molecule has 0 radical (unpaired) electrons. The van der Waals surface area contributed by atoms with Crippen molar-refractivity contribution < 1.29 is 9.53 Å². The highest BCUT2D eigenvalue weighted by Crippen LogP contribution is 2.22. The van der Waals surface area contributed by atoms with Gasteiger partial charge < -0.3 is 4.74 Å². The normalized spacial score (nSPS) is 10.7. The van der Waals surface area contributed by atoms with Crippen molar-refractivity contribution in [1.29, 1.82) is 0 Å². The van der Waals surface area contributed by atoms with E-state index in [0.717, 1.165) is 0 Å². The molecule has 4 nitrogen and oxygen atoms in total. The predicted octanol–water partition coefficient (Wildman–Crippen LogP) is 4.18. The van der Waals surface area contributed by atoms with Gasteiger partial charge in [0.25, 0.3) is 5.91 Å². The number of carbonyl (C=O) groups is 1. The highest BCUT2D eigenvalue weighted by Gasteiger charge is 2.04. The molecule has 0 heterocycles. The van der Waals surface area contributed by atoms with E-state index < -0.39 is 5.91 Å². The number of rotatable bonds is 5. The third kappa shape index (κ3) is 4.91. The smallest absolute Gasteiger partial charge is 0.277 e. The summed E-state index contributed by atoms with van der Waals surface area (Å²) >= 11 is 17.8. The fourth-order valence-corrected chi connectivity index (χ4v) is 2.22. The molecule has 0 saturated heterocycles. The van der Waals surface area contributed by atoms with Gasteiger partial charge in [0.2, 0.25) is 0 Å². The van der Waals surface area contributed by atoms with Gasteiger partial charge in [0.1, 0.15) is 5.75 Å². The van der Waals surface area contributed by atoms with E-state index in [1.165, 1.54) is 6.21 Å². The van der Waals surface area contributed by atoms with Crippen LogP contribution in [-0.4, -0.2) is 18.7 Å². The first kappa shape index (κ1) is 16.6. The Balaban J connectivity index is 1.86. The van der Waals surface area contributed by atoms with Gasteiger partial charge in [0.15, 0.2) is 6.61 Å². The van der Waals surface area contributed by atoms with E-state index in [2.05, 4.69) is 10.5 Å². The van der Waals surface area contributed by atoms with Gasteiger partial charge >= 0.3 is 0 Å². The second kappa shape index (κ2) is 8.03. The van der Waals surface area contributed by atoms with Crippen LogP contribution in [0.5, 0.6) is 5.75 Å². The van der Waals surface area contributed by atoms with Crippen LogP contribution in [0, 0.1) is 0 Å². The van der Waals surface area contributed by atoms with Crippen molar-refractivity contribution in [2.45, 2.75) is 0 Å². The van der Waals surface area contributed by atoms with Gasteiger partial charge in [-0.1, -0.05) is 46.9 Å². The molecular formula is C15H11Cl3N2O2. The minimum Gasteiger partial charge on any atom is -0.484 e. The Morgan fingerprint density at radius 2 is 1.82 bits per heavy atom. The van der Waals surface area contributed by atoms with Gasteiger partial charge in [-0.15, -0.1) is 0 Å². The van der Waals surface area contributed by atoms with Gasteiger partial charge in [-0.05, 0) is 30.3 Å². The van der Waals surface area contributed by atoms with E-state index in [0.29, 0.717) is 26.4 Å². The molecule has 0 saturated carbocycles.